The molecule has 0 fully saturated rings. The molecule has 2 rings (SSSR count). The van der Waals surface area contributed by atoms with Gasteiger partial charge in [-0.3, -0.25) is 4.79 Å². The molecule has 0 amide bonds. The third-order valence-electron chi connectivity index (χ3n) is 5.97. The highest BCUT2D eigenvalue weighted by Gasteiger charge is 2.21. The van der Waals surface area contributed by atoms with E-state index in [0.717, 1.165) is 24.8 Å². The van der Waals surface area contributed by atoms with Gasteiger partial charge in [0.05, 0.1) is 23.0 Å². The van der Waals surface area contributed by atoms with Gasteiger partial charge in [-0.05, 0) is 55.9 Å². The summed E-state index contributed by atoms with van der Waals surface area (Å²) in [5, 5.41) is 9.26. The molecule has 1 N–H and O–H groups in total. The lowest BCUT2D eigenvalue weighted by atomic mass is 10.0. The number of sulfone groups is 1. The predicted molar refractivity (Wildman–Crippen MR) is 145 cm³/mol. The molecule has 2 aromatic carbocycles. The predicted octanol–water partition coefficient (Wildman–Crippen LogP) is 6.97. The van der Waals surface area contributed by atoms with Crippen LogP contribution < -0.4 is 4.74 Å². The minimum atomic E-state index is -3.19. The van der Waals surface area contributed by atoms with Gasteiger partial charge in [-0.2, -0.15) is 0 Å². The molecule has 0 saturated carbocycles. The lowest BCUT2D eigenvalue weighted by molar-refractivity contribution is -0.137. The van der Waals surface area contributed by atoms with Crippen LogP contribution in [0.2, 0.25) is 10.0 Å². The number of carbonyl (C=O) groups is 1. The third kappa shape index (κ3) is 12.4. The van der Waals surface area contributed by atoms with Gasteiger partial charge in [0.2, 0.25) is 0 Å². The summed E-state index contributed by atoms with van der Waals surface area (Å²) in [6, 6.07) is 14.9. The van der Waals surface area contributed by atoms with Crippen LogP contribution in [0.15, 0.2) is 48.5 Å². The van der Waals surface area contributed by atoms with Crippen molar-refractivity contribution in [2.75, 3.05) is 12.9 Å². The van der Waals surface area contributed by atoms with E-state index in [-0.39, 0.29) is 19.1 Å². The number of hydrogen-bond donors (Lipinski definition) is 1. The van der Waals surface area contributed by atoms with Gasteiger partial charge in [0, 0.05) is 17.7 Å². The van der Waals surface area contributed by atoms with Crippen molar-refractivity contribution < 1.29 is 27.8 Å². The number of ether oxygens (including phenoxy) is 2. The molecule has 2 atom stereocenters. The van der Waals surface area contributed by atoms with Crippen molar-refractivity contribution in [1.29, 1.82) is 0 Å². The average molecular weight is 560 g/mol. The molecule has 36 heavy (non-hydrogen) atoms. The molecule has 0 aliphatic heterocycles. The van der Waals surface area contributed by atoms with Crippen LogP contribution in [0.5, 0.6) is 5.75 Å². The molecule has 0 heterocycles. The first-order chi connectivity index (χ1) is 17.1. The highest BCUT2D eigenvalue weighted by atomic mass is 35.5. The molecular formula is C27H36Cl2O6S. The van der Waals surface area contributed by atoms with Crippen molar-refractivity contribution in [2.24, 2.45) is 0 Å². The van der Waals surface area contributed by atoms with E-state index in [9.17, 15) is 13.2 Å². The normalized spacial score (nSPS) is 13.3. The number of unbranched alkanes of at least 4 members (excludes halogenated alkanes) is 3. The van der Waals surface area contributed by atoms with E-state index in [2.05, 4.69) is 0 Å². The van der Waals surface area contributed by atoms with Gasteiger partial charge in [-0.15, -0.1) is 0 Å². The number of aliphatic carboxylic acids is 1. The van der Waals surface area contributed by atoms with Crippen molar-refractivity contribution in [2.45, 2.75) is 75.7 Å². The van der Waals surface area contributed by atoms with Crippen molar-refractivity contribution in [1.82, 2.24) is 0 Å². The van der Waals surface area contributed by atoms with E-state index >= 15 is 0 Å². The van der Waals surface area contributed by atoms with Gasteiger partial charge in [0.25, 0.3) is 0 Å². The van der Waals surface area contributed by atoms with Crippen LogP contribution in [0, 0.1) is 0 Å². The quantitative estimate of drug-likeness (QED) is 0.199. The second-order valence-corrected chi connectivity index (χ2v) is 12.2. The van der Waals surface area contributed by atoms with E-state index < -0.39 is 21.1 Å². The lowest BCUT2D eigenvalue weighted by Gasteiger charge is -2.21. The van der Waals surface area contributed by atoms with E-state index in [0.29, 0.717) is 54.5 Å². The number of carboxylic acid groups (broad SMARTS) is 1. The molecule has 9 heteroatoms. The molecule has 0 aromatic heterocycles. The minimum absolute atomic E-state index is 0.156. The van der Waals surface area contributed by atoms with Crippen LogP contribution in [0.25, 0.3) is 0 Å². The Kier molecular flexibility index (Phi) is 13.6. The summed E-state index contributed by atoms with van der Waals surface area (Å²) in [6.45, 7) is 0.705. The van der Waals surface area contributed by atoms with Crippen LogP contribution in [0.1, 0.15) is 63.4 Å². The first-order valence-corrected chi connectivity index (χ1v) is 15.0. The zero-order valence-corrected chi connectivity index (χ0v) is 23.0. The largest absolute Gasteiger partial charge is 0.489 e. The number of benzene rings is 2. The van der Waals surface area contributed by atoms with E-state index in [1.807, 2.05) is 30.3 Å². The molecule has 0 bridgehead atoms. The van der Waals surface area contributed by atoms with Crippen LogP contribution >= 0.6 is 23.2 Å². The summed E-state index contributed by atoms with van der Waals surface area (Å²) in [7, 11) is -3.19. The summed E-state index contributed by atoms with van der Waals surface area (Å²) in [4.78, 5) is 10.6. The molecule has 2 aromatic rings. The molecule has 2 unspecified atom stereocenters. The standard InChI is InChI=1S/C27H36Cl2O6S/c1-36(32,33)24(13-7-2-3-8-15-27(30)31)14-9-12-23(34-19-21-10-5-4-6-11-21)20-35-26-17-16-22(28)18-25(26)29/h4-6,10-11,16-18,23-24H,2-3,7-9,12-15,19-20H2,1H3,(H,30,31). The van der Waals surface area contributed by atoms with Gasteiger partial charge in [-0.25, -0.2) is 8.42 Å². The highest BCUT2D eigenvalue weighted by Crippen LogP contribution is 2.28. The number of rotatable bonds is 18. The molecule has 0 aliphatic rings. The van der Waals surface area contributed by atoms with Crippen molar-refractivity contribution in [3.8, 4) is 5.75 Å². The SMILES string of the molecule is CS(=O)(=O)C(CCCCCCC(=O)O)CCCC(COc1ccc(Cl)cc1Cl)OCc1ccccc1. The Hall–Kier alpha value is -1.80. The van der Waals surface area contributed by atoms with E-state index in [1.54, 1.807) is 18.2 Å². The fourth-order valence-corrected chi connectivity index (χ4v) is 5.58. The highest BCUT2D eigenvalue weighted by molar-refractivity contribution is 7.91. The summed E-state index contributed by atoms with van der Waals surface area (Å²) in [5.41, 5.74) is 1.05. The van der Waals surface area contributed by atoms with Gasteiger partial charge >= 0.3 is 5.97 Å². The van der Waals surface area contributed by atoms with Crippen LogP contribution in [-0.4, -0.2) is 43.7 Å². The zero-order chi connectivity index (χ0) is 26.4. The molecule has 0 radical (unpaired) electrons. The zero-order valence-electron chi connectivity index (χ0n) is 20.7. The Bertz CT molecular complexity index is 1030. The van der Waals surface area contributed by atoms with Crippen molar-refractivity contribution >= 4 is 39.0 Å². The van der Waals surface area contributed by atoms with Gasteiger partial charge < -0.3 is 14.6 Å². The molecule has 0 saturated heterocycles. The first-order valence-electron chi connectivity index (χ1n) is 12.3. The van der Waals surface area contributed by atoms with Gasteiger partial charge in [0.15, 0.2) is 0 Å². The van der Waals surface area contributed by atoms with Crippen LogP contribution in [-0.2, 0) is 26.0 Å². The second kappa shape index (κ2) is 16.1. The maximum absolute atomic E-state index is 12.3. The Balaban J connectivity index is 1.89. The van der Waals surface area contributed by atoms with E-state index in [4.69, 9.17) is 37.8 Å². The average Bonchev–Trinajstić information content (AvgIpc) is 2.82. The van der Waals surface area contributed by atoms with Crippen molar-refractivity contribution in [3.05, 3.63) is 64.1 Å². The second-order valence-electron chi connectivity index (χ2n) is 9.03. The Labute approximate surface area is 224 Å². The number of carboxylic acids is 1. The van der Waals surface area contributed by atoms with Crippen molar-refractivity contribution in [3.63, 3.8) is 0 Å². The molecule has 0 spiro atoms. The summed E-state index contributed by atoms with van der Waals surface area (Å²) in [5.74, 6) is -0.276. The smallest absolute Gasteiger partial charge is 0.303 e. The lowest BCUT2D eigenvalue weighted by Crippen LogP contribution is -2.24. The topological polar surface area (TPSA) is 89.9 Å². The summed E-state index contributed by atoms with van der Waals surface area (Å²) < 4.78 is 36.7. The first kappa shape index (κ1) is 30.4. The Morgan fingerprint density at radius 3 is 2.31 bits per heavy atom. The summed E-state index contributed by atoms with van der Waals surface area (Å²) >= 11 is 12.2. The molecule has 6 nitrogen and oxygen atoms in total. The minimum Gasteiger partial charge on any atom is -0.489 e. The molecule has 200 valence electrons. The maximum Gasteiger partial charge on any atom is 0.303 e. The van der Waals surface area contributed by atoms with Gasteiger partial charge in [-0.1, -0.05) is 72.8 Å². The Morgan fingerprint density at radius 1 is 0.944 bits per heavy atom. The number of halogens is 2. The fourth-order valence-electron chi connectivity index (χ4n) is 3.93. The Morgan fingerprint density at radius 2 is 1.64 bits per heavy atom. The van der Waals surface area contributed by atoms with Gasteiger partial charge in [0.1, 0.15) is 22.2 Å². The van der Waals surface area contributed by atoms with Crippen LogP contribution in [0.3, 0.4) is 0 Å². The van der Waals surface area contributed by atoms with Crippen LogP contribution in [0.4, 0.5) is 0 Å². The third-order valence-corrected chi connectivity index (χ3v) is 8.18. The molecule has 0 aliphatic carbocycles. The summed E-state index contributed by atoms with van der Waals surface area (Å²) in [6.07, 6.45) is 6.66. The monoisotopic (exact) mass is 558 g/mol. The molecular weight excluding hydrogens is 523 g/mol. The van der Waals surface area contributed by atoms with E-state index in [1.165, 1.54) is 6.26 Å². The fraction of sp³-hybridized carbons (Fsp3) is 0.519. The number of hydrogen-bond acceptors (Lipinski definition) is 5. The maximum atomic E-state index is 12.3.